The van der Waals surface area contributed by atoms with E-state index in [2.05, 4.69) is 20.8 Å². The number of amides is 1. The molecule has 0 saturated heterocycles. The summed E-state index contributed by atoms with van der Waals surface area (Å²) in [6, 6.07) is 10.1. The second-order valence-corrected chi connectivity index (χ2v) is 6.18. The number of carbonyl (C=O) groups is 1. The summed E-state index contributed by atoms with van der Waals surface area (Å²) in [6.45, 7) is 2.34. The lowest BCUT2D eigenvalue weighted by molar-refractivity contribution is -0.113. The van der Waals surface area contributed by atoms with Crippen LogP contribution in [0.5, 0.6) is 5.75 Å². The number of aromatic nitrogens is 4. The third-order valence-electron chi connectivity index (χ3n) is 3.37. The van der Waals surface area contributed by atoms with Crippen LogP contribution in [0.2, 0.25) is 0 Å². The van der Waals surface area contributed by atoms with E-state index in [4.69, 9.17) is 4.74 Å². The lowest BCUT2D eigenvalue weighted by Gasteiger charge is -2.10. The molecular weight excluding hydrogens is 376 g/mol. The van der Waals surface area contributed by atoms with Gasteiger partial charge in [-0.1, -0.05) is 23.9 Å². The monoisotopic (exact) mass is 391 g/mol. The molecule has 0 unspecified atom stereocenters. The number of tetrazole rings is 1. The van der Waals surface area contributed by atoms with Crippen LogP contribution in [0, 0.1) is 11.6 Å². The van der Waals surface area contributed by atoms with Crippen LogP contribution in [0.3, 0.4) is 0 Å². The zero-order chi connectivity index (χ0) is 19.2. The Balaban J connectivity index is 1.70. The highest BCUT2D eigenvalue weighted by Gasteiger charge is 2.15. The Kier molecular flexibility index (Phi) is 5.97. The van der Waals surface area contributed by atoms with E-state index in [-0.39, 0.29) is 11.4 Å². The summed E-state index contributed by atoms with van der Waals surface area (Å²) in [5.41, 5.74) is 0.408. The third-order valence-corrected chi connectivity index (χ3v) is 4.29. The molecule has 2 aromatic carbocycles. The van der Waals surface area contributed by atoms with Crippen LogP contribution in [-0.2, 0) is 4.79 Å². The summed E-state index contributed by atoms with van der Waals surface area (Å²) >= 11 is 1.06. The molecular formula is C17H15F2N5O2S. The summed E-state index contributed by atoms with van der Waals surface area (Å²) in [5.74, 6) is -1.37. The number of carbonyl (C=O) groups excluding carboxylic acids is 1. The molecule has 1 N–H and O–H groups in total. The standard InChI is InChI=1S/C17H15F2N5O2S/c1-2-26-15-6-4-3-5-14(15)24-17(21-22-23-24)27-10-16(25)20-13-9-11(18)7-8-12(13)19/h3-9H,2,10H2,1H3,(H,20,25). The lowest BCUT2D eigenvalue weighted by atomic mass is 10.3. The maximum absolute atomic E-state index is 13.6. The van der Waals surface area contributed by atoms with Gasteiger partial charge in [-0.15, -0.1) is 5.10 Å². The number of anilines is 1. The molecule has 27 heavy (non-hydrogen) atoms. The van der Waals surface area contributed by atoms with Crippen molar-refractivity contribution in [2.24, 2.45) is 0 Å². The van der Waals surface area contributed by atoms with E-state index < -0.39 is 17.5 Å². The van der Waals surface area contributed by atoms with Crippen LogP contribution in [0.1, 0.15) is 6.92 Å². The number of benzene rings is 2. The predicted octanol–water partition coefficient (Wildman–Crippen LogP) is 3.07. The van der Waals surface area contributed by atoms with Gasteiger partial charge in [0, 0.05) is 6.07 Å². The van der Waals surface area contributed by atoms with Gasteiger partial charge < -0.3 is 10.1 Å². The van der Waals surface area contributed by atoms with E-state index in [1.807, 2.05) is 19.1 Å². The number of ether oxygens (including phenoxy) is 1. The minimum atomic E-state index is -0.717. The SMILES string of the molecule is CCOc1ccccc1-n1nnnc1SCC(=O)Nc1cc(F)ccc1F. The quantitative estimate of drug-likeness (QED) is 0.624. The largest absolute Gasteiger partial charge is 0.492 e. The Morgan fingerprint density at radius 2 is 2.07 bits per heavy atom. The second kappa shape index (κ2) is 8.58. The van der Waals surface area contributed by atoms with Crippen molar-refractivity contribution in [2.75, 3.05) is 17.7 Å². The van der Waals surface area contributed by atoms with Gasteiger partial charge in [-0.3, -0.25) is 4.79 Å². The van der Waals surface area contributed by atoms with E-state index in [1.54, 1.807) is 12.1 Å². The van der Waals surface area contributed by atoms with Crippen molar-refractivity contribution >= 4 is 23.4 Å². The lowest BCUT2D eigenvalue weighted by Crippen LogP contribution is -2.16. The molecule has 3 aromatic rings. The predicted molar refractivity (Wildman–Crippen MR) is 96.0 cm³/mol. The summed E-state index contributed by atoms with van der Waals surface area (Å²) in [4.78, 5) is 12.1. The topological polar surface area (TPSA) is 81.9 Å². The Bertz CT molecular complexity index is 951. The van der Waals surface area contributed by atoms with E-state index in [9.17, 15) is 13.6 Å². The van der Waals surface area contributed by atoms with Gasteiger partial charge in [0.15, 0.2) is 0 Å². The molecule has 7 nitrogen and oxygen atoms in total. The third kappa shape index (κ3) is 4.59. The molecule has 3 rings (SSSR count). The smallest absolute Gasteiger partial charge is 0.234 e. The Labute approximate surface area is 157 Å². The van der Waals surface area contributed by atoms with E-state index in [0.29, 0.717) is 23.2 Å². The molecule has 10 heteroatoms. The minimum Gasteiger partial charge on any atom is -0.492 e. The number of hydrogen-bond acceptors (Lipinski definition) is 6. The van der Waals surface area contributed by atoms with Gasteiger partial charge in [0.2, 0.25) is 11.1 Å². The number of halogens is 2. The summed E-state index contributed by atoms with van der Waals surface area (Å²) < 4.78 is 33.8. The zero-order valence-electron chi connectivity index (χ0n) is 14.2. The zero-order valence-corrected chi connectivity index (χ0v) is 15.0. The van der Waals surface area contributed by atoms with Crippen LogP contribution >= 0.6 is 11.8 Å². The molecule has 0 atom stereocenters. The van der Waals surface area contributed by atoms with Gasteiger partial charge in [0.1, 0.15) is 23.1 Å². The molecule has 0 fully saturated rings. The molecule has 0 aliphatic heterocycles. The van der Waals surface area contributed by atoms with Crippen LogP contribution in [0.4, 0.5) is 14.5 Å². The number of thioether (sulfide) groups is 1. The highest BCUT2D eigenvalue weighted by molar-refractivity contribution is 7.99. The Morgan fingerprint density at radius 1 is 1.26 bits per heavy atom. The number of nitrogens with one attached hydrogen (secondary N) is 1. The molecule has 0 saturated carbocycles. The molecule has 0 spiro atoms. The fraction of sp³-hybridized carbons (Fsp3) is 0.176. The highest BCUT2D eigenvalue weighted by atomic mass is 32.2. The Morgan fingerprint density at radius 3 is 2.89 bits per heavy atom. The average Bonchev–Trinajstić information content (AvgIpc) is 3.12. The number of hydrogen-bond donors (Lipinski definition) is 1. The van der Waals surface area contributed by atoms with Crippen LogP contribution in [0.15, 0.2) is 47.6 Å². The molecule has 0 aliphatic rings. The van der Waals surface area contributed by atoms with Crippen molar-refractivity contribution in [1.29, 1.82) is 0 Å². The van der Waals surface area contributed by atoms with Crippen LogP contribution in [0.25, 0.3) is 5.69 Å². The molecule has 0 aliphatic carbocycles. The van der Waals surface area contributed by atoms with Crippen molar-refractivity contribution in [3.8, 4) is 11.4 Å². The number of para-hydroxylation sites is 2. The fourth-order valence-corrected chi connectivity index (χ4v) is 2.92. The van der Waals surface area contributed by atoms with E-state index in [1.165, 1.54) is 4.68 Å². The normalized spacial score (nSPS) is 10.6. The van der Waals surface area contributed by atoms with Gasteiger partial charge in [0.05, 0.1) is 18.0 Å². The molecule has 1 amide bonds. The molecule has 1 heterocycles. The minimum absolute atomic E-state index is 0.0902. The van der Waals surface area contributed by atoms with Gasteiger partial charge in [0.25, 0.3) is 0 Å². The van der Waals surface area contributed by atoms with Crippen LogP contribution in [-0.4, -0.2) is 38.5 Å². The Hall–Kier alpha value is -3.01. The van der Waals surface area contributed by atoms with Crippen LogP contribution < -0.4 is 10.1 Å². The molecule has 0 radical (unpaired) electrons. The van der Waals surface area contributed by atoms with Gasteiger partial charge in [-0.05, 0) is 41.6 Å². The number of rotatable bonds is 7. The van der Waals surface area contributed by atoms with E-state index >= 15 is 0 Å². The van der Waals surface area contributed by atoms with Crippen molar-refractivity contribution in [1.82, 2.24) is 20.2 Å². The van der Waals surface area contributed by atoms with Crippen molar-refractivity contribution < 1.29 is 18.3 Å². The van der Waals surface area contributed by atoms with Gasteiger partial charge >= 0.3 is 0 Å². The molecule has 140 valence electrons. The van der Waals surface area contributed by atoms with Crippen molar-refractivity contribution in [3.05, 3.63) is 54.1 Å². The van der Waals surface area contributed by atoms with Crippen molar-refractivity contribution in [2.45, 2.75) is 12.1 Å². The first-order valence-electron chi connectivity index (χ1n) is 7.96. The summed E-state index contributed by atoms with van der Waals surface area (Å²) in [7, 11) is 0. The fourth-order valence-electron chi connectivity index (χ4n) is 2.24. The summed E-state index contributed by atoms with van der Waals surface area (Å²) in [6.07, 6.45) is 0. The highest BCUT2D eigenvalue weighted by Crippen LogP contribution is 2.26. The first-order valence-corrected chi connectivity index (χ1v) is 8.95. The first kappa shape index (κ1) is 18.8. The van der Waals surface area contributed by atoms with E-state index in [0.717, 1.165) is 30.0 Å². The van der Waals surface area contributed by atoms with Gasteiger partial charge in [-0.25, -0.2) is 8.78 Å². The van der Waals surface area contributed by atoms with Gasteiger partial charge in [-0.2, -0.15) is 4.68 Å². The number of nitrogens with zero attached hydrogens (tertiary/aromatic N) is 4. The van der Waals surface area contributed by atoms with Crippen molar-refractivity contribution in [3.63, 3.8) is 0 Å². The first-order chi connectivity index (χ1) is 13.1. The molecule has 0 bridgehead atoms. The molecule has 1 aromatic heterocycles. The maximum atomic E-state index is 13.6. The summed E-state index contributed by atoms with van der Waals surface area (Å²) in [5, 5.41) is 14.1. The average molecular weight is 391 g/mol. The maximum Gasteiger partial charge on any atom is 0.234 e. The second-order valence-electron chi connectivity index (χ2n) is 5.24.